The van der Waals surface area contributed by atoms with Crippen LogP contribution in [0, 0.1) is 17.1 Å². The third kappa shape index (κ3) is 4.36. The first kappa shape index (κ1) is 12.2. The lowest BCUT2D eigenvalue weighted by molar-refractivity contribution is 0.211. The minimum absolute atomic E-state index is 0.153. The molecule has 3 aromatic rings. The quantitative estimate of drug-likeness (QED) is 0.666. The van der Waals surface area contributed by atoms with Crippen molar-refractivity contribution in [2.45, 2.75) is 45.0 Å². The first-order chi connectivity index (χ1) is 17.0. The predicted octanol–water partition coefficient (Wildman–Crippen LogP) is 4.30. The van der Waals surface area contributed by atoms with Gasteiger partial charge in [0.05, 0.1) is 11.9 Å². The van der Waals surface area contributed by atoms with Crippen LogP contribution in [0.3, 0.4) is 0 Å². The molecule has 0 spiro atoms. The third-order valence-electron chi connectivity index (χ3n) is 4.16. The second kappa shape index (κ2) is 8.39. The number of thiazole rings is 1. The molecule has 1 N–H and O–H groups in total. The van der Waals surface area contributed by atoms with Crippen LogP contribution < -0.4 is 5.31 Å². The first-order valence-corrected chi connectivity index (χ1v) is 9.62. The maximum absolute atomic E-state index is 13.8. The first-order valence-electron chi connectivity index (χ1n) is 12.8. The summed E-state index contributed by atoms with van der Waals surface area (Å²) >= 11 is 1.02. The van der Waals surface area contributed by atoms with Crippen molar-refractivity contribution in [1.82, 2.24) is 19.9 Å². The van der Waals surface area contributed by atoms with Crippen LogP contribution >= 0.6 is 11.3 Å². The van der Waals surface area contributed by atoms with Crippen LogP contribution in [0.15, 0.2) is 24.5 Å². The fraction of sp³-hybridized carbons (Fsp3) is 0.429. The van der Waals surface area contributed by atoms with Crippen LogP contribution in [0.2, 0.25) is 1.41 Å². The molecule has 29 heavy (non-hydrogen) atoms. The summed E-state index contributed by atoms with van der Waals surface area (Å²) in [4.78, 5) is 13.5. The van der Waals surface area contributed by atoms with Crippen LogP contribution in [-0.2, 0) is 6.52 Å². The molecular weight excluding hydrogens is 387 g/mol. The van der Waals surface area contributed by atoms with Crippen molar-refractivity contribution in [1.29, 1.82) is 5.26 Å². The summed E-state index contributed by atoms with van der Waals surface area (Å²) in [6.07, 6.45) is -4.31. The number of nitrogens with zero attached hydrogens (tertiary/aromatic N) is 5. The Balaban J connectivity index is 1.73. The van der Waals surface area contributed by atoms with Crippen LogP contribution in [0.4, 0.5) is 10.2 Å². The van der Waals surface area contributed by atoms with Gasteiger partial charge >= 0.3 is 0 Å². The number of hydrogen-bond acceptors (Lipinski definition) is 7. The van der Waals surface area contributed by atoms with E-state index in [1.807, 2.05) is 0 Å². The van der Waals surface area contributed by atoms with Gasteiger partial charge in [-0.25, -0.2) is 19.3 Å². The fourth-order valence-corrected chi connectivity index (χ4v) is 3.61. The highest BCUT2D eigenvalue weighted by atomic mass is 32.1. The summed E-state index contributed by atoms with van der Waals surface area (Å²) < 4.78 is 83.2. The Labute approximate surface area is 184 Å². The van der Waals surface area contributed by atoms with E-state index >= 15 is 0 Å². The normalized spacial score (nSPS) is 25.7. The molecule has 1 aliphatic heterocycles. The van der Waals surface area contributed by atoms with E-state index in [0.717, 1.165) is 34.7 Å². The minimum Gasteiger partial charge on any atom is -0.366 e. The van der Waals surface area contributed by atoms with E-state index in [2.05, 4.69) is 15.0 Å². The van der Waals surface area contributed by atoms with Gasteiger partial charge in [-0.3, -0.25) is 4.90 Å². The average Bonchev–Trinajstić information content (AvgIpc) is 3.26. The summed E-state index contributed by atoms with van der Waals surface area (Å²) in [7, 11) is 0. The van der Waals surface area contributed by atoms with Gasteiger partial charge in [-0.1, -0.05) is 19.9 Å². The van der Waals surface area contributed by atoms with Crippen molar-refractivity contribution in [2.24, 2.45) is 0 Å². The number of nitriles is 1. The molecule has 1 aliphatic rings. The highest BCUT2D eigenvalue weighted by molar-refractivity contribution is 7.19. The van der Waals surface area contributed by atoms with Crippen molar-refractivity contribution in [3.63, 3.8) is 0 Å². The third-order valence-corrected chi connectivity index (χ3v) is 5.42. The molecule has 0 amide bonds. The summed E-state index contributed by atoms with van der Waals surface area (Å²) in [5.74, 6) is -2.07. The Morgan fingerprint density at radius 3 is 3.03 bits per heavy atom. The molecule has 8 heteroatoms. The van der Waals surface area contributed by atoms with E-state index in [9.17, 15) is 4.39 Å². The van der Waals surface area contributed by atoms with Gasteiger partial charge in [-0.15, -0.1) is 11.3 Å². The van der Waals surface area contributed by atoms with Gasteiger partial charge in [0, 0.05) is 39.7 Å². The Hall–Kier alpha value is -2.63. The topological polar surface area (TPSA) is 77.7 Å². The van der Waals surface area contributed by atoms with E-state index in [-0.39, 0.29) is 27.3 Å². The molecule has 150 valence electrons. The van der Waals surface area contributed by atoms with E-state index < -0.39 is 50.1 Å². The Bertz CT molecular complexity index is 1370. The Morgan fingerprint density at radius 2 is 2.31 bits per heavy atom. The molecule has 0 radical (unpaired) electrons. The van der Waals surface area contributed by atoms with E-state index in [1.165, 1.54) is 6.07 Å². The lowest BCUT2D eigenvalue weighted by Gasteiger charge is -2.32. The number of halogens is 1. The standard InChI is InChI=1S/C21H23FN6S/c1-13(2)21-27-20-18(29-21)19(24-12-25-20)26-16-5-7-28(8-6-16)11-14-3-4-17(22)15(9-14)10-23/h3-4,9,12-13,16H,5-8,11H2,1-2H3,(H,24,25,26)/i5D2,6D2,11D,13D,16D/hD. The summed E-state index contributed by atoms with van der Waals surface area (Å²) in [5, 5.41) is 9.87. The van der Waals surface area contributed by atoms with Gasteiger partial charge in [0.25, 0.3) is 0 Å². The molecule has 1 atom stereocenters. The van der Waals surface area contributed by atoms with Gasteiger partial charge in [0.2, 0.25) is 0 Å². The smallest absolute Gasteiger partial charge is 0.175 e. The van der Waals surface area contributed by atoms with Crippen LogP contribution in [0.1, 0.15) is 58.2 Å². The van der Waals surface area contributed by atoms with Crippen molar-refractivity contribution in [2.75, 3.05) is 18.4 Å². The number of likely N-dealkylation sites (tertiary alicyclic amines) is 1. The SMILES string of the molecule is [2H]C(c1ccc(F)c(C#N)c1)N1CC([2H])([2H])C([2H])(N([2H])c2ncnc3nc(C([2H])(C)C)sc23)C([2H])([2H])C1. The Kier molecular flexibility index (Phi) is 3.52. The minimum atomic E-state index is -2.81. The van der Waals surface area contributed by atoms with Crippen LogP contribution in [0.5, 0.6) is 0 Å². The van der Waals surface area contributed by atoms with Crippen molar-refractivity contribution < 1.29 is 15.4 Å². The molecular formula is C21H23FN6S. The van der Waals surface area contributed by atoms with E-state index in [4.69, 9.17) is 16.3 Å². The predicted molar refractivity (Wildman–Crippen MR) is 112 cm³/mol. The highest BCUT2D eigenvalue weighted by Gasteiger charge is 2.21. The number of piperidine rings is 1. The number of nitrogens with one attached hydrogen (secondary N) is 1. The number of anilines is 1. The molecule has 4 rings (SSSR count). The summed E-state index contributed by atoms with van der Waals surface area (Å²) in [6, 6.07) is 2.32. The van der Waals surface area contributed by atoms with Crippen LogP contribution in [-0.4, -0.2) is 39.0 Å². The maximum atomic E-state index is 13.8. The average molecular weight is 419 g/mol. The largest absolute Gasteiger partial charge is 0.366 e. The zero-order valence-corrected chi connectivity index (χ0v) is 16.6. The van der Waals surface area contributed by atoms with Crippen molar-refractivity contribution >= 4 is 27.5 Å². The van der Waals surface area contributed by atoms with Gasteiger partial charge in [0.1, 0.15) is 28.7 Å². The molecule has 2 aromatic heterocycles. The number of fused-ring (bicyclic) bond motifs is 1. The second-order valence-electron chi connectivity index (χ2n) is 6.57. The molecule has 1 fully saturated rings. The lowest BCUT2D eigenvalue weighted by Crippen LogP contribution is -2.38. The maximum Gasteiger partial charge on any atom is 0.175 e. The molecule has 1 aromatic carbocycles. The number of rotatable bonds is 5. The van der Waals surface area contributed by atoms with Crippen LogP contribution in [0.25, 0.3) is 10.3 Å². The molecule has 0 aliphatic carbocycles. The van der Waals surface area contributed by atoms with Crippen molar-refractivity contribution in [3.05, 3.63) is 46.5 Å². The molecule has 0 saturated carbocycles. The highest BCUT2D eigenvalue weighted by Crippen LogP contribution is 2.31. The van der Waals surface area contributed by atoms with Gasteiger partial charge in [-0.2, -0.15) is 5.26 Å². The number of hydrogen-bond donors (Lipinski definition) is 1. The number of aromatic nitrogens is 3. The number of benzene rings is 1. The zero-order chi connectivity index (χ0) is 27.6. The van der Waals surface area contributed by atoms with Crippen molar-refractivity contribution in [3.8, 4) is 6.07 Å². The molecule has 0 bridgehead atoms. The molecule has 1 unspecified atom stereocenters. The van der Waals surface area contributed by atoms with E-state index in [1.54, 1.807) is 19.9 Å². The second-order valence-corrected chi connectivity index (χ2v) is 7.57. The van der Waals surface area contributed by atoms with Gasteiger partial charge in [-0.05, 0) is 30.4 Å². The molecule has 6 nitrogen and oxygen atoms in total. The van der Waals surface area contributed by atoms with Gasteiger partial charge in [0.15, 0.2) is 7.06 Å². The monoisotopic (exact) mass is 418 g/mol. The molecule has 1 saturated heterocycles. The summed E-state index contributed by atoms with van der Waals surface area (Å²) in [5.41, 5.74) is 0.0237. The Morgan fingerprint density at radius 1 is 1.52 bits per heavy atom. The molecule has 3 heterocycles. The summed E-state index contributed by atoms with van der Waals surface area (Å²) in [6.45, 7) is 0.692. The van der Waals surface area contributed by atoms with Gasteiger partial charge < -0.3 is 5.31 Å². The zero-order valence-electron chi connectivity index (χ0n) is 23.8. The van der Waals surface area contributed by atoms with E-state index in [0.29, 0.717) is 10.3 Å². The lowest BCUT2D eigenvalue weighted by atomic mass is 10.0. The fourth-order valence-electron chi connectivity index (χ4n) is 2.70.